The van der Waals surface area contributed by atoms with Crippen LogP contribution in [-0.4, -0.2) is 89.1 Å². The van der Waals surface area contributed by atoms with Gasteiger partial charge in [0.15, 0.2) is 5.96 Å². The number of thioether (sulfide) groups is 1. The van der Waals surface area contributed by atoms with E-state index in [0.29, 0.717) is 12.2 Å². The number of aliphatic carboxylic acids is 2. The highest BCUT2D eigenvalue weighted by molar-refractivity contribution is 7.98. The lowest BCUT2D eigenvalue weighted by Gasteiger charge is -2.23. The summed E-state index contributed by atoms with van der Waals surface area (Å²) in [6, 6.07) is -3.65. The summed E-state index contributed by atoms with van der Waals surface area (Å²) >= 11 is 1.39. The van der Waals surface area contributed by atoms with Crippen molar-refractivity contribution < 1.29 is 34.2 Å². The Labute approximate surface area is 189 Å². The van der Waals surface area contributed by atoms with Crippen LogP contribution >= 0.6 is 11.8 Å². The third kappa shape index (κ3) is 13.3. The number of rotatable bonds is 16. The standard InChI is InChI=1S/C17H31N7O7S/c1-32-6-4-10(15(30)22-8-13(27)28)23-16(31)11(7-12(25)26)24-14(29)9(18)3-2-5-21-17(19)20/h9-11H,2-8,18H2,1H3,(H,22,30)(H,23,31)(H,24,29)(H,25,26)(H,27,28)(H4,19,20,21). The maximum Gasteiger partial charge on any atom is 0.322 e. The van der Waals surface area contributed by atoms with Crippen molar-refractivity contribution in [1.82, 2.24) is 16.0 Å². The molecule has 3 atom stereocenters. The van der Waals surface area contributed by atoms with E-state index in [1.807, 2.05) is 0 Å². The first-order valence-electron chi connectivity index (χ1n) is 9.59. The summed E-state index contributed by atoms with van der Waals surface area (Å²) in [6.45, 7) is -0.403. The van der Waals surface area contributed by atoms with Gasteiger partial charge in [-0.15, -0.1) is 0 Å². The van der Waals surface area contributed by atoms with Crippen molar-refractivity contribution in [2.75, 3.05) is 25.1 Å². The molecule has 3 amide bonds. The number of carboxylic acids is 2. The third-order valence-electron chi connectivity index (χ3n) is 3.97. The van der Waals surface area contributed by atoms with Gasteiger partial charge in [-0.2, -0.15) is 11.8 Å². The van der Waals surface area contributed by atoms with Gasteiger partial charge in [0.1, 0.15) is 18.6 Å². The first-order valence-corrected chi connectivity index (χ1v) is 11.0. The molecule has 14 nitrogen and oxygen atoms in total. The Morgan fingerprint density at radius 3 is 2.09 bits per heavy atom. The molecule has 0 aliphatic rings. The molecule has 11 N–H and O–H groups in total. The number of nitrogens with two attached hydrogens (primary N) is 3. The summed E-state index contributed by atoms with van der Waals surface area (Å²) in [5.74, 6) is -4.68. The van der Waals surface area contributed by atoms with E-state index in [0.717, 1.165) is 0 Å². The molecular formula is C17H31N7O7S. The molecule has 0 saturated carbocycles. The molecule has 0 rings (SSSR count). The molecule has 0 fully saturated rings. The van der Waals surface area contributed by atoms with Crippen LogP contribution in [0.2, 0.25) is 0 Å². The number of carboxylic acid groups (broad SMARTS) is 2. The number of guanidine groups is 1. The van der Waals surface area contributed by atoms with Gasteiger partial charge < -0.3 is 43.4 Å². The molecule has 0 bridgehead atoms. The molecule has 0 aliphatic heterocycles. The summed E-state index contributed by atoms with van der Waals surface area (Å²) in [5.41, 5.74) is 16.2. The molecule has 0 aromatic heterocycles. The lowest BCUT2D eigenvalue weighted by molar-refractivity contribution is -0.141. The maximum atomic E-state index is 12.6. The van der Waals surface area contributed by atoms with Gasteiger partial charge in [0, 0.05) is 6.54 Å². The number of hydrogen-bond acceptors (Lipinski definition) is 8. The Kier molecular flexibility index (Phi) is 14.2. The van der Waals surface area contributed by atoms with Gasteiger partial charge in [0.25, 0.3) is 0 Å². The molecular weight excluding hydrogens is 446 g/mol. The van der Waals surface area contributed by atoms with E-state index >= 15 is 0 Å². The topological polar surface area (TPSA) is 252 Å². The lowest BCUT2D eigenvalue weighted by Crippen LogP contribution is -2.56. The van der Waals surface area contributed by atoms with E-state index in [4.69, 9.17) is 27.4 Å². The van der Waals surface area contributed by atoms with Crippen LogP contribution in [0.3, 0.4) is 0 Å². The Hall–Kier alpha value is -3.07. The molecule has 0 aromatic rings. The molecule has 0 saturated heterocycles. The SMILES string of the molecule is CSCCC(NC(=O)C(CC(=O)O)NC(=O)C(N)CCCN=C(N)N)C(=O)NCC(=O)O. The van der Waals surface area contributed by atoms with E-state index in [2.05, 4.69) is 20.9 Å². The van der Waals surface area contributed by atoms with Gasteiger partial charge in [0.05, 0.1) is 12.5 Å². The molecule has 15 heteroatoms. The Morgan fingerprint density at radius 1 is 0.938 bits per heavy atom. The van der Waals surface area contributed by atoms with Gasteiger partial charge in [-0.25, -0.2) is 0 Å². The van der Waals surface area contributed by atoms with Crippen LogP contribution in [0.1, 0.15) is 25.7 Å². The molecule has 3 unspecified atom stereocenters. The molecule has 182 valence electrons. The smallest absolute Gasteiger partial charge is 0.322 e. The lowest BCUT2D eigenvalue weighted by atomic mass is 10.1. The average Bonchev–Trinajstić information content (AvgIpc) is 2.70. The van der Waals surface area contributed by atoms with Gasteiger partial charge in [-0.3, -0.25) is 29.0 Å². The summed E-state index contributed by atoms with van der Waals surface area (Å²) in [4.78, 5) is 62.7. The minimum absolute atomic E-state index is 0.107. The fourth-order valence-corrected chi connectivity index (χ4v) is 2.85. The van der Waals surface area contributed by atoms with Crippen LogP contribution in [0.25, 0.3) is 0 Å². The van der Waals surface area contributed by atoms with Gasteiger partial charge >= 0.3 is 11.9 Å². The Balaban J connectivity index is 5.12. The molecule has 0 heterocycles. The Morgan fingerprint density at radius 2 is 1.56 bits per heavy atom. The highest BCUT2D eigenvalue weighted by Crippen LogP contribution is 2.04. The molecule has 32 heavy (non-hydrogen) atoms. The van der Waals surface area contributed by atoms with Crippen molar-refractivity contribution in [3.63, 3.8) is 0 Å². The minimum atomic E-state index is -1.49. The largest absolute Gasteiger partial charge is 0.481 e. The van der Waals surface area contributed by atoms with Crippen molar-refractivity contribution in [3.8, 4) is 0 Å². The van der Waals surface area contributed by atoms with Crippen LogP contribution in [0.4, 0.5) is 0 Å². The number of carbonyl (C=O) groups excluding carboxylic acids is 3. The van der Waals surface area contributed by atoms with Crippen LogP contribution in [0.15, 0.2) is 4.99 Å². The fraction of sp³-hybridized carbons (Fsp3) is 0.647. The molecule has 0 spiro atoms. The van der Waals surface area contributed by atoms with E-state index in [9.17, 15) is 24.0 Å². The molecule has 0 aliphatic carbocycles. The van der Waals surface area contributed by atoms with Crippen LogP contribution in [0.5, 0.6) is 0 Å². The molecule has 0 radical (unpaired) electrons. The first kappa shape index (κ1) is 28.9. The average molecular weight is 478 g/mol. The van der Waals surface area contributed by atoms with Crippen molar-refractivity contribution >= 4 is 47.4 Å². The number of carbonyl (C=O) groups is 5. The number of amides is 3. The second kappa shape index (κ2) is 15.7. The predicted octanol–water partition coefficient (Wildman–Crippen LogP) is -3.23. The molecule has 0 aromatic carbocycles. The van der Waals surface area contributed by atoms with Gasteiger partial charge in [-0.05, 0) is 31.3 Å². The van der Waals surface area contributed by atoms with Crippen LogP contribution in [0, 0.1) is 0 Å². The van der Waals surface area contributed by atoms with Crippen molar-refractivity contribution in [3.05, 3.63) is 0 Å². The number of nitrogens with zero attached hydrogens (tertiary/aromatic N) is 1. The summed E-state index contributed by atoms with van der Waals surface area (Å²) in [6.07, 6.45) is 1.75. The van der Waals surface area contributed by atoms with E-state index in [1.54, 1.807) is 6.26 Å². The fourth-order valence-electron chi connectivity index (χ4n) is 2.38. The summed E-state index contributed by atoms with van der Waals surface area (Å²) in [5, 5.41) is 24.6. The van der Waals surface area contributed by atoms with Crippen molar-refractivity contribution in [1.29, 1.82) is 0 Å². The van der Waals surface area contributed by atoms with Gasteiger partial charge in [0.2, 0.25) is 17.7 Å². The van der Waals surface area contributed by atoms with Crippen molar-refractivity contribution in [2.24, 2.45) is 22.2 Å². The highest BCUT2D eigenvalue weighted by atomic mass is 32.2. The highest BCUT2D eigenvalue weighted by Gasteiger charge is 2.29. The third-order valence-corrected chi connectivity index (χ3v) is 4.62. The number of nitrogens with one attached hydrogen (secondary N) is 3. The maximum absolute atomic E-state index is 12.6. The minimum Gasteiger partial charge on any atom is -0.481 e. The first-order chi connectivity index (χ1) is 15.0. The summed E-state index contributed by atoms with van der Waals surface area (Å²) < 4.78 is 0. The zero-order valence-corrected chi connectivity index (χ0v) is 18.5. The predicted molar refractivity (Wildman–Crippen MR) is 118 cm³/mol. The second-order valence-electron chi connectivity index (χ2n) is 6.67. The second-order valence-corrected chi connectivity index (χ2v) is 7.65. The van der Waals surface area contributed by atoms with Gasteiger partial charge in [-0.1, -0.05) is 0 Å². The zero-order chi connectivity index (χ0) is 24.7. The normalized spacial score (nSPS) is 13.2. The zero-order valence-electron chi connectivity index (χ0n) is 17.7. The van der Waals surface area contributed by atoms with E-state index < -0.39 is 60.8 Å². The van der Waals surface area contributed by atoms with Crippen molar-refractivity contribution in [2.45, 2.75) is 43.8 Å². The monoisotopic (exact) mass is 477 g/mol. The van der Waals surface area contributed by atoms with E-state index in [-0.39, 0.29) is 25.3 Å². The van der Waals surface area contributed by atoms with Crippen LogP contribution in [-0.2, 0) is 24.0 Å². The number of aliphatic imine (C=N–C) groups is 1. The number of hydrogen-bond donors (Lipinski definition) is 8. The van der Waals surface area contributed by atoms with E-state index in [1.165, 1.54) is 11.8 Å². The summed E-state index contributed by atoms with van der Waals surface area (Å²) in [7, 11) is 0. The van der Waals surface area contributed by atoms with Crippen LogP contribution < -0.4 is 33.2 Å². The Bertz CT molecular complexity index is 701. The quantitative estimate of drug-likeness (QED) is 0.0622.